The third-order valence-electron chi connectivity index (χ3n) is 3.17. The highest BCUT2D eigenvalue weighted by atomic mass is 19.4. The van der Waals surface area contributed by atoms with Gasteiger partial charge in [0.05, 0.1) is 18.0 Å². The number of hydrogen-bond acceptors (Lipinski definition) is 4. The van der Waals surface area contributed by atoms with Gasteiger partial charge in [-0.3, -0.25) is 5.43 Å². The number of halogens is 3. The van der Waals surface area contributed by atoms with Crippen molar-refractivity contribution >= 4 is 22.8 Å². The summed E-state index contributed by atoms with van der Waals surface area (Å²) in [6, 6.07) is 12.4. The van der Waals surface area contributed by atoms with Gasteiger partial charge in [-0.2, -0.15) is 23.4 Å². The first kappa shape index (κ1) is 15.0. The van der Waals surface area contributed by atoms with Crippen molar-refractivity contribution in [1.82, 2.24) is 10.2 Å². The Kier molecular flexibility index (Phi) is 3.92. The van der Waals surface area contributed by atoms with Gasteiger partial charge >= 0.3 is 6.18 Å². The molecule has 23 heavy (non-hydrogen) atoms. The van der Waals surface area contributed by atoms with E-state index in [0.717, 1.165) is 22.9 Å². The fourth-order valence-corrected chi connectivity index (χ4v) is 2.07. The van der Waals surface area contributed by atoms with Crippen LogP contribution in [0.3, 0.4) is 0 Å². The predicted molar refractivity (Wildman–Crippen MR) is 82.2 cm³/mol. The lowest BCUT2D eigenvalue weighted by Crippen LogP contribution is -2.05. The Labute approximate surface area is 129 Å². The first-order valence-electron chi connectivity index (χ1n) is 6.71. The lowest BCUT2D eigenvalue weighted by Gasteiger charge is -2.06. The summed E-state index contributed by atoms with van der Waals surface area (Å²) in [5, 5.41) is 13.4. The highest BCUT2D eigenvalue weighted by Gasteiger charge is 2.30. The minimum Gasteiger partial charge on any atom is -0.259 e. The van der Waals surface area contributed by atoms with E-state index >= 15 is 0 Å². The molecule has 0 bridgehead atoms. The Morgan fingerprint density at radius 2 is 1.87 bits per heavy atom. The Balaban J connectivity index is 1.81. The summed E-state index contributed by atoms with van der Waals surface area (Å²) in [5.41, 5.74) is 2.33. The quantitative estimate of drug-likeness (QED) is 0.585. The lowest BCUT2D eigenvalue weighted by atomic mass is 10.1. The monoisotopic (exact) mass is 316 g/mol. The summed E-state index contributed by atoms with van der Waals surface area (Å²) < 4.78 is 38.0. The smallest absolute Gasteiger partial charge is 0.259 e. The zero-order valence-corrected chi connectivity index (χ0v) is 11.7. The van der Waals surface area contributed by atoms with E-state index in [1.807, 2.05) is 24.3 Å². The standard InChI is InChI=1S/C16H11F3N4/c17-16(18,19)13-6-3-4-11(8-13)9-20-22-15-14-7-2-1-5-12(14)10-21-23-15/h1-10H,(H,22,23)/b20-9+. The topological polar surface area (TPSA) is 50.2 Å². The summed E-state index contributed by atoms with van der Waals surface area (Å²) >= 11 is 0. The van der Waals surface area contributed by atoms with Crippen LogP contribution in [0.15, 0.2) is 59.8 Å². The number of aromatic nitrogens is 2. The molecule has 0 amide bonds. The third kappa shape index (κ3) is 3.45. The van der Waals surface area contributed by atoms with Crippen LogP contribution in [0.5, 0.6) is 0 Å². The molecule has 0 atom stereocenters. The molecule has 0 radical (unpaired) electrons. The number of alkyl halides is 3. The van der Waals surface area contributed by atoms with Gasteiger partial charge in [-0.1, -0.05) is 36.4 Å². The van der Waals surface area contributed by atoms with Crippen molar-refractivity contribution in [2.45, 2.75) is 6.18 Å². The van der Waals surface area contributed by atoms with Crippen LogP contribution in [0.25, 0.3) is 10.8 Å². The molecule has 4 nitrogen and oxygen atoms in total. The Morgan fingerprint density at radius 1 is 1.04 bits per heavy atom. The number of rotatable bonds is 3. The van der Waals surface area contributed by atoms with Crippen molar-refractivity contribution in [2.24, 2.45) is 5.10 Å². The molecule has 0 unspecified atom stereocenters. The molecular formula is C16H11F3N4. The molecular weight excluding hydrogens is 305 g/mol. The van der Waals surface area contributed by atoms with E-state index in [-0.39, 0.29) is 0 Å². The molecule has 3 aromatic rings. The normalized spacial score (nSPS) is 12.0. The molecule has 0 saturated carbocycles. The van der Waals surface area contributed by atoms with Gasteiger partial charge in [-0.05, 0) is 17.7 Å². The minimum absolute atomic E-state index is 0.334. The molecule has 0 aliphatic heterocycles. The number of hydrazone groups is 1. The van der Waals surface area contributed by atoms with E-state index in [1.54, 1.807) is 6.20 Å². The number of nitrogens with zero attached hydrogens (tertiary/aromatic N) is 3. The van der Waals surface area contributed by atoms with Crippen LogP contribution in [-0.4, -0.2) is 16.4 Å². The van der Waals surface area contributed by atoms with Gasteiger partial charge in [0.1, 0.15) is 0 Å². The first-order valence-corrected chi connectivity index (χ1v) is 6.71. The molecule has 0 fully saturated rings. The molecule has 3 rings (SSSR count). The molecule has 7 heteroatoms. The van der Waals surface area contributed by atoms with E-state index in [1.165, 1.54) is 18.3 Å². The molecule has 2 aromatic carbocycles. The number of nitrogens with one attached hydrogen (secondary N) is 1. The number of benzene rings is 2. The van der Waals surface area contributed by atoms with E-state index < -0.39 is 11.7 Å². The van der Waals surface area contributed by atoms with Gasteiger partial charge in [-0.25, -0.2) is 0 Å². The average molecular weight is 316 g/mol. The summed E-state index contributed by atoms with van der Waals surface area (Å²) in [6.07, 6.45) is -1.45. The highest BCUT2D eigenvalue weighted by molar-refractivity contribution is 5.91. The second-order valence-corrected chi connectivity index (χ2v) is 4.77. The van der Waals surface area contributed by atoms with Gasteiger partial charge in [0, 0.05) is 10.8 Å². The second-order valence-electron chi connectivity index (χ2n) is 4.77. The lowest BCUT2D eigenvalue weighted by molar-refractivity contribution is -0.137. The van der Waals surface area contributed by atoms with E-state index in [4.69, 9.17) is 0 Å². The average Bonchev–Trinajstić information content (AvgIpc) is 2.55. The molecule has 0 aliphatic carbocycles. The molecule has 1 N–H and O–H groups in total. The molecule has 0 spiro atoms. The van der Waals surface area contributed by atoms with E-state index in [0.29, 0.717) is 11.4 Å². The third-order valence-corrected chi connectivity index (χ3v) is 3.17. The fraction of sp³-hybridized carbons (Fsp3) is 0.0625. The molecule has 1 aromatic heterocycles. The zero-order valence-electron chi connectivity index (χ0n) is 11.7. The van der Waals surface area contributed by atoms with Crippen LogP contribution < -0.4 is 5.43 Å². The van der Waals surface area contributed by atoms with Crippen molar-refractivity contribution in [3.8, 4) is 0 Å². The molecule has 116 valence electrons. The summed E-state index contributed by atoms with van der Waals surface area (Å²) in [4.78, 5) is 0. The Morgan fingerprint density at radius 3 is 2.70 bits per heavy atom. The molecule has 0 saturated heterocycles. The van der Waals surface area contributed by atoms with E-state index in [2.05, 4.69) is 20.7 Å². The first-order chi connectivity index (χ1) is 11.0. The Hall–Kier alpha value is -2.96. The van der Waals surface area contributed by atoms with Gasteiger partial charge in [0.2, 0.25) is 0 Å². The second kappa shape index (κ2) is 6.04. The largest absolute Gasteiger partial charge is 0.416 e. The van der Waals surface area contributed by atoms with Gasteiger partial charge in [0.15, 0.2) is 5.82 Å². The maximum Gasteiger partial charge on any atom is 0.416 e. The van der Waals surface area contributed by atoms with Gasteiger partial charge in [-0.15, -0.1) is 5.10 Å². The Bertz CT molecular complexity index is 854. The zero-order chi connectivity index (χ0) is 16.3. The number of fused-ring (bicyclic) bond motifs is 1. The maximum absolute atomic E-state index is 12.7. The van der Waals surface area contributed by atoms with Crippen LogP contribution in [0.1, 0.15) is 11.1 Å². The minimum atomic E-state index is -4.38. The maximum atomic E-state index is 12.7. The SMILES string of the molecule is FC(F)(F)c1cccc(/C=N/Nc2nncc3ccccc23)c1. The van der Waals surface area contributed by atoms with Crippen LogP contribution in [0.2, 0.25) is 0 Å². The van der Waals surface area contributed by atoms with Gasteiger partial charge in [0.25, 0.3) is 0 Å². The van der Waals surface area contributed by atoms with Crippen LogP contribution in [-0.2, 0) is 6.18 Å². The van der Waals surface area contributed by atoms with Crippen molar-refractivity contribution in [3.05, 3.63) is 65.9 Å². The molecule has 0 aliphatic rings. The van der Waals surface area contributed by atoms with Crippen LogP contribution in [0.4, 0.5) is 19.0 Å². The summed E-state index contributed by atoms with van der Waals surface area (Å²) in [5.74, 6) is 0.436. The van der Waals surface area contributed by atoms with Crippen LogP contribution >= 0.6 is 0 Å². The van der Waals surface area contributed by atoms with E-state index in [9.17, 15) is 13.2 Å². The number of anilines is 1. The van der Waals surface area contributed by atoms with Crippen molar-refractivity contribution in [1.29, 1.82) is 0 Å². The van der Waals surface area contributed by atoms with Gasteiger partial charge < -0.3 is 0 Å². The number of hydrogen-bond donors (Lipinski definition) is 1. The molecule has 1 heterocycles. The highest BCUT2D eigenvalue weighted by Crippen LogP contribution is 2.29. The fourth-order valence-electron chi connectivity index (χ4n) is 2.07. The predicted octanol–water partition coefficient (Wildman–Crippen LogP) is 4.09. The summed E-state index contributed by atoms with van der Waals surface area (Å²) in [6.45, 7) is 0. The summed E-state index contributed by atoms with van der Waals surface area (Å²) in [7, 11) is 0. The van der Waals surface area contributed by atoms with Crippen molar-refractivity contribution in [2.75, 3.05) is 5.43 Å². The van der Waals surface area contributed by atoms with Crippen molar-refractivity contribution < 1.29 is 13.2 Å². The van der Waals surface area contributed by atoms with Crippen LogP contribution in [0, 0.1) is 0 Å². The van der Waals surface area contributed by atoms with Crippen molar-refractivity contribution in [3.63, 3.8) is 0 Å².